The van der Waals surface area contributed by atoms with Crippen LogP contribution in [0.15, 0.2) is 36.4 Å². The number of aromatic nitrogens is 2. The van der Waals surface area contributed by atoms with Crippen LogP contribution in [0, 0.1) is 17.1 Å². The van der Waals surface area contributed by atoms with Gasteiger partial charge in [-0.25, -0.2) is 9.37 Å². The minimum atomic E-state index is -0.436. The first-order chi connectivity index (χ1) is 9.61. The summed E-state index contributed by atoms with van der Waals surface area (Å²) in [5.74, 6) is 0.0336. The number of para-hydroxylation sites is 1. The smallest absolute Gasteiger partial charge is 0.143 e. The monoisotopic (exact) mass is 285 g/mol. The van der Waals surface area contributed by atoms with E-state index in [0.717, 1.165) is 5.52 Å². The first-order valence-corrected chi connectivity index (χ1v) is 6.30. The number of aryl methyl sites for hydroxylation is 1. The van der Waals surface area contributed by atoms with Crippen molar-refractivity contribution in [3.8, 4) is 17.5 Å². The second-order valence-electron chi connectivity index (χ2n) is 4.40. The van der Waals surface area contributed by atoms with Gasteiger partial charge in [0.1, 0.15) is 23.2 Å². The van der Waals surface area contributed by atoms with Crippen LogP contribution in [0.4, 0.5) is 4.39 Å². The summed E-state index contributed by atoms with van der Waals surface area (Å²) >= 11 is 5.76. The lowest BCUT2D eigenvalue weighted by molar-refractivity contribution is 0.629. The number of imidazole rings is 1. The molecule has 0 saturated heterocycles. The maximum atomic E-state index is 14.0. The molecule has 98 valence electrons. The lowest BCUT2D eigenvalue weighted by atomic mass is 10.2. The van der Waals surface area contributed by atoms with E-state index in [1.165, 1.54) is 6.07 Å². The summed E-state index contributed by atoms with van der Waals surface area (Å²) in [7, 11) is 1.79. The first-order valence-electron chi connectivity index (χ1n) is 5.93. The second kappa shape index (κ2) is 4.62. The van der Waals surface area contributed by atoms with Crippen molar-refractivity contribution in [2.24, 2.45) is 7.05 Å². The van der Waals surface area contributed by atoms with Gasteiger partial charge < -0.3 is 4.57 Å². The fourth-order valence-electron chi connectivity index (χ4n) is 2.22. The number of nitriles is 1. The van der Waals surface area contributed by atoms with Crippen LogP contribution >= 0.6 is 11.6 Å². The van der Waals surface area contributed by atoms with Gasteiger partial charge in [0.05, 0.1) is 16.6 Å². The molecule has 5 heteroatoms. The molecule has 0 N–H and O–H groups in total. The second-order valence-corrected chi connectivity index (χ2v) is 4.84. The van der Waals surface area contributed by atoms with Crippen LogP contribution in [0.3, 0.4) is 0 Å². The Morgan fingerprint density at radius 2 is 2.10 bits per heavy atom. The molecule has 0 atom stereocenters. The topological polar surface area (TPSA) is 41.6 Å². The molecule has 2 aromatic carbocycles. The van der Waals surface area contributed by atoms with Gasteiger partial charge in [0.2, 0.25) is 0 Å². The van der Waals surface area contributed by atoms with Crippen LogP contribution in [0.2, 0.25) is 5.02 Å². The Kier molecular flexibility index (Phi) is 2.92. The summed E-state index contributed by atoms with van der Waals surface area (Å²) in [4.78, 5) is 4.40. The van der Waals surface area contributed by atoms with Crippen molar-refractivity contribution < 1.29 is 4.39 Å². The van der Waals surface area contributed by atoms with Crippen LogP contribution in [-0.2, 0) is 7.05 Å². The van der Waals surface area contributed by atoms with Gasteiger partial charge in [-0.15, -0.1) is 0 Å². The molecule has 20 heavy (non-hydrogen) atoms. The molecule has 0 spiro atoms. The molecule has 0 aliphatic rings. The van der Waals surface area contributed by atoms with Gasteiger partial charge in [0.15, 0.2) is 0 Å². The molecule has 1 heterocycles. The summed E-state index contributed by atoms with van der Waals surface area (Å²) < 4.78 is 15.8. The highest BCUT2D eigenvalue weighted by atomic mass is 35.5. The van der Waals surface area contributed by atoms with Crippen molar-refractivity contribution in [3.63, 3.8) is 0 Å². The summed E-state index contributed by atoms with van der Waals surface area (Å²) in [5.41, 5.74) is 2.19. The van der Waals surface area contributed by atoms with Crippen molar-refractivity contribution in [3.05, 3.63) is 52.8 Å². The Morgan fingerprint density at radius 3 is 2.80 bits per heavy atom. The Bertz CT molecular complexity index is 861. The fraction of sp³-hybridized carbons (Fsp3) is 0.0667. The number of halogens is 2. The molecule has 0 bridgehead atoms. The van der Waals surface area contributed by atoms with Crippen molar-refractivity contribution in [1.82, 2.24) is 9.55 Å². The number of hydrogen-bond donors (Lipinski definition) is 0. The number of nitrogens with zero attached hydrogens (tertiary/aromatic N) is 3. The SMILES string of the molecule is Cn1c(-c2ccc(Cl)cc2F)nc2c(C#N)cccc21. The van der Waals surface area contributed by atoms with E-state index in [-0.39, 0.29) is 0 Å². The van der Waals surface area contributed by atoms with Crippen molar-refractivity contribution >= 4 is 22.6 Å². The van der Waals surface area contributed by atoms with Gasteiger partial charge >= 0.3 is 0 Å². The Labute approximate surface area is 119 Å². The number of hydrogen-bond acceptors (Lipinski definition) is 2. The Morgan fingerprint density at radius 1 is 1.30 bits per heavy atom. The molecule has 0 amide bonds. The van der Waals surface area contributed by atoms with E-state index in [4.69, 9.17) is 16.9 Å². The quantitative estimate of drug-likeness (QED) is 0.680. The molecule has 0 unspecified atom stereocenters. The molecular formula is C15H9ClFN3. The van der Waals surface area contributed by atoms with E-state index in [2.05, 4.69) is 11.1 Å². The maximum absolute atomic E-state index is 14.0. The molecule has 0 aliphatic carbocycles. The van der Waals surface area contributed by atoms with Crippen LogP contribution in [0.25, 0.3) is 22.4 Å². The molecule has 0 fully saturated rings. The minimum absolute atomic E-state index is 0.336. The van der Waals surface area contributed by atoms with Crippen molar-refractivity contribution in [1.29, 1.82) is 5.26 Å². The van der Waals surface area contributed by atoms with E-state index in [1.54, 1.807) is 35.9 Å². The van der Waals surface area contributed by atoms with Crippen LogP contribution in [-0.4, -0.2) is 9.55 Å². The first kappa shape index (κ1) is 12.6. The normalized spacial score (nSPS) is 10.7. The molecular weight excluding hydrogens is 277 g/mol. The standard InChI is InChI=1S/C15H9ClFN3/c1-20-13-4-2-3-9(8-18)14(13)19-15(20)11-6-5-10(16)7-12(11)17/h2-7H,1H3. The minimum Gasteiger partial charge on any atom is -0.327 e. The van der Waals surface area contributed by atoms with E-state index in [1.807, 2.05) is 6.07 Å². The predicted molar refractivity (Wildman–Crippen MR) is 75.8 cm³/mol. The van der Waals surface area contributed by atoms with Crippen LogP contribution < -0.4 is 0 Å². The molecule has 1 aromatic heterocycles. The highest BCUT2D eigenvalue weighted by Crippen LogP contribution is 2.28. The number of fused-ring (bicyclic) bond motifs is 1. The molecule has 3 aromatic rings. The molecule has 0 saturated carbocycles. The lowest BCUT2D eigenvalue weighted by Gasteiger charge is -2.04. The van der Waals surface area contributed by atoms with Gasteiger partial charge in [-0.2, -0.15) is 5.26 Å². The highest BCUT2D eigenvalue weighted by molar-refractivity contribution is 6.30. The van der Waals surface area contributed by atoms with Gasteiger partial charge in [0.25, 0.3) is 0 Å². The van der Waals surface area contributed by atoms with E-state index < -0.39 is 5.82 Å². The highest BCUT2D eigenvalue weighted by Gasteiger charge is 2.15. The van der Waals surface area contributed by atoms with Crippen LogP contribution in [0.1, 0.15) is 5.56 Å². The summed E-state index contributed by atoms with van der Waals surface area (Å²) in [6.45, 7) is 0. The zero-order valence-electron chi connectivity index (χ0n) is 10.6. The molecule has 0 radical (unpaired) electrons. The largest absolute Gasteiger partial charge is 0.327 e. The average Bonchev–Trinajstić information content (AvgIpc) is 2.76. The van der Waals surface area contributed by atoms with Crippen molar-refractivity contribution in [2.45, 2.75) is 0 Å². The van der Waals surface area contributed by atoms with E-state index >= 15 is 0 Å². The van der Waals surface area contributed by atoms with E-state index in [9.17, 15) is 4.39 Å². The van der Waals surface area contributed by atoms with Crippen LogP contribution in [0.5, 0.6) is 0 Å². The lowest BCUT2D eigenvalue weighted by Crippen LogP contribution is -1.94. The summed E-state index contributed by atoms with van der Waals surface area (Å²) in [5, 5.41) is 9.44. The van der Waals surface area contributed by atoms with Gasteiger partial charge in [0, 0.05) is 12.1 Å². The number of benzene rings is 2. The Hall–Kier alpha value is -2.38. The zero-order valence-corrected chi connectivity index (χ0v) is 11.3. The van der Waals surface area contributed by atoms with E-state index in [0.29, 0.717) is 27.5 Å². The average molecular weight is 286 g/mol. The van der Waals surface area contributed by atoms with Crippen molar-refractivity contribution in [2.75, 3.05) is 0 Å². The third kappa shape index (κ3) is 1.84. The van der Waals surface area contributed by atoms with Gasteiger partial charge in [-0.1, -0.05) is 17.7 Å². The summed E-state index contributed by atoms with van der Waals surface area (Å²) in [6.07, 6.45) is 0. The van der Waals surface area contributed by atoms with Gasteiger partial charge in [-0.3, -0.25) is 0 Å². The molecule has 3 nitrogen and oxygen atoms in total. The third-order valence-corrected chi connectivity index (χ3v) is 3.44. The third-order valence-electron chi connectivity index (χ3n) is 3.20. The zero-order chi connectivity index (χ0) is 14.3. The fourth-order valence-corrected chi connectivity index (χ4v) is 2.38. The molecule has 3 rings (SSSR count). The predicted octanol–water partition coefficient (Wildman–Crippen LogP) is 3.90. The molecule has 0 aliphatic heterocycles. The summed E-state index contributed by atoms with van der Waals surface area (Å²) in [6, 6.07) is 11.9. The Balaban J connectivity index is 2.33. The van der Waals surface area contributed by atoms with Gasteiger partial charge in [-0.05, 0) is 30.3 Å². The number of rotatable bonds is 1. The maximum Gasteiger partial charge on any atom is 0.143 e.